The zero-order valence-electron chi connectivity index (χ0n) is 11.7. The van der Waals surface area contributed by atoms with Gasteiger partial charge in [0.25, 0.3) is 0 Å². The van der Waals surface area contributed by atoms with Crippen LogP contribution in [0.1, 0.15) is 33.1 Å². The van der Waals surface area contributed by atoms with Crippen LogP contribution in [-0.2, 0) is 14.6 Å². The third-order valence-corrected chi connectivity index (χ3v) is 6.31. The minimum absolute atomic E-state index is 0.0378. The lowest BCUT2D eigenvalue weighted by molar-refractivity contribution is -0.139. The second-order valence-electron chi connectivity index (χ2n) is 5.13. The molecule has 5 nitrogen and oxygen atoms in total. The predicted octanol–water partition coefficient (Wildman–Crippen LogP) is 0.724. The van der Waals surface area contributed by atoms with Crippen LogP contribution in [0.15, 0.2) is 0 Å². The molecule has 110 valence electrons. The fourth-order valence-electron chi connectivity index (χ4n) is 2.59. The highest BCUT2D eigenvalue weighted by molar-refractivity contribution is 7.91. The van der Waals surface area contributed by atoms with Crippen LogP contribution in [0.4, 0.5) is 0 Å². The Bertz CT molecular complexity index is 469. The SMILES string of the molecule is CCC(CC)(C(=O)N(C)C1CCS(=O)(=O)C1)C(N)=S. The number of rotatable bonds is 5. The Morgan fingerprint density at radius 3 is 2.26 bits per heavy atom. The largest absolute Gasteiger partial charge is 0.392 e. The van der Waals surface area contributed by atoms with Gasteiger partial charge in [-0.05, 0) is 19.3 Å². The molecule has 1 fully saturated rings. The maximum absolute atomic E-state index is 12.6. The molecule has 2 N–H and O–H groups in total. The summed E-state index contributed by atoms with van der Waals surface area (Å²) in [6.07, 6.45) is 1.55. The van der Waals surface area contributed by atoms with E-state index in [1.807, 2.05) is 13.8 Å². The Morgan fingerprint density at radius 2 is 1.95 bits per heavy atom. The summed E-state index contributed by atoms with van der Waals surface area (Å²) in [6, 6.07) is -0.260. The Morgan fingerprint density at radius 1 is 1.42 bits per heavy atom. The molecule has 0 spiro atoms. The van der Waals surface area contributed by atoms with Crippen LogP contribution in [-0.4, -0.2) is 48.8 Å². The lowest BCUT2D eigenvalue weighted by atomic mass is 9.80. The Hall–Kier alpha value is -0.690. The number of nitrogens with zero attached hydrogens (tertiary/aromatic N) is 1. The van der Waals surface area contributed by atoms with Gasteiger partial charge in [0, 0.05) is 13.1 Å². The quantitative estimate of drug-likeness (QED) is 0.757. The maximum Gasteiger partial charge on any atom is 0.235 e. The minimum Gasteiger partial charge on any atom is -0.392 e. The van der Waals surface area contributed by atoms with Gasteiger partial charge in [0.05, 0.1) is 21.9 Å². The van der Waals surface area contributed by atoms with Crippen molar-refractivity contribution in [2.75, 3.05) is 18.6 Å². The van der Waals surface area contributed by atoms with Gasteiger partial charge in [-0.2, -0.15) is 0 Å². The lowest BCUT2D eigenvalue weighted by Crippen LogP contribution is -2.52. The molecule has 0 aromatic heterocycles. The van der Waals surface area contributed by atoms with Crippen molar-refractivity contribution in [3.63, 3.8) is 0 Å². The number of sulfone groups is 1. The number of hydrogen-bond donors (Lipinski definition) is 1. The van der Waals surface area contributed by atoms with E-state index < -0.39 is 15.3 Å². The first kappa shape index (κ1) is 16.4. The highest BCUT2D eigenvalue weighted by Crippen LogP contribution is 2.31. The fraction of sp³-hybridized carbons (Fsp3) is 0.833. The van der Waals surface area contributed by atoms with Crippen LogP contribution in [0.2, 0.25) is 0 Å². The maximum atomic E-state index is 12.6. The van der Waals surface area contributed by atoms with Gasteiger partial charge < -0.3 is 10.6 Å². The predicted molar refractivity (Wildman–Crippen MR) is 79.6 cm³/mol. The van der Waals surface area contributed by atoms with Gasteiger partial charge in [0.2, 0.25) is 5.91 Å². The summed E-state index contributed by atoms with van der Waals surface area (Å²) in [5, 5.41) is 0. The second kappa shape index (κ2) is 5.75. The normalized spacial score (nSPS) is 22.2. The van der Waals surface area contributed by atoms with Crippen molar-refractivity contribution in [3.8, 4) is 0 Å². The Labute approximate surface area is 120 Å². The van der Waals surface area contributed by atoms with Crippen molar-refractivity contribution >= 4 is 33.0 Å². The molecule has 19 heavy (non-hydrogen) atoms. The summed E-state index contributed by atoms with van der Waals surface area (Å²) in [4.78, 5) is 14.3. The summed E-state index contributed by atoms with van der Waals surface area (Å²) < 4.78 is 23.0. The number of amides is 1. The molecule has 1 saturated heterocycles. The molecule has 0 aromatic rings. The van der Waals surface area contributed by atoms with Gasteiger partial charge in [-0.25, -0.2) is 8.42 Å². The standard InChI is InChI=1S/C12H22N2O3S2/c1-4-12(5-2,10(13)18)11(15)14(3)9-6-7-19(16,17)8-9/h9H,4-8H2,1-3H3,(H2,13,18). The topological polar surface area (TPSA) is 80.5 Å². The molecule has 0 radical (unpaired) electrons. The van der Waals surface area contributed by atoms with Crippen molar-refractivity contribution < 1.29 is 13.2 Å². The number of carbonyl (C=O) groups is 1. The molecule has 1 aliphatic rings. The van der Waals surface area contributed by atoms with Crippen LogP contribution in [0.3, 0.4) is 0 Å². The molecule has 0 saturated carbocycles. The highest BCUT2D eigenvalue weighted by Gasteiger charge is 2.43. The number of hydrogen-bond acceptors (Lipinski definition) is 4. The van der Waals surface area contributed by atoms with E-state index in [1.165, 1.54) is 4.90 Å². The third kappa shape index (κ3) is 3.08. The average Bonchev–Trinajstić information content (AvgIpc) is 2.70. The van der Waals surface area contributed by atoms with E-state index in [2.05, 4.69) is 0 Å². The number of nitrogens with two attached hydrogens (primary N) is 1. The molecule has 0 aliphatic carbocycles. The van der Waals surface area contributed by atoms with Crippen LogP contribution in [0.25, 0.3) is 0 Å². The van der Waals surface area contributed by atoms with Gasteiger partial charge in [0.1, 0.15) is 0 Å². The molecular formula is C12H22N2O3S2. The lowest BCUT2D eigenvalue weighted by Gasteiger charge is -2.35. The molecule has 1 atom stereocenters. The van der Waals surface area contributed by atoms with Crippen molar-refractivity contribution in [2.45, 2.75) is 39.2 Å². The van der Waals surface area contributed by atoms with Crippen molar-refractivity contribution in [1.82, 2.24) is 4.90 Å². The minimum atomic E-state index is -3.01. The zero-order chi connectivity index (χ0) is 14.8. The summed E-state index contributed by atoms with van der Waals surface area (Å²) >= 11 is 5.05. The molecule has 1 unspecified atom stereocenters. The molecule has 1 aliphatic heterocycles. The van der Waals surface area contributed by atoms with Crippen molar-refractivity contribution in [2.24, 2.45) is 11.1 Å². The first-order valence-corrected chi connectivity index (χ1v) is 8.70. The Balaban J connectivity index is 2.96. The molecule has 1 heterocycles. The molecule has 0 bridgehead atoms. The van der Waals surface area contributed by atoms with Gasteiger partial charge >= 0.3 is 0 Å². The van der Waals surface area contributed by atoms with Gasteiger partial charge in [0.15, 0.2) is 9.84 Å². The first-order valence-electron chi connectivity index (χ1n) is 6.47. The van der Waals surface area contributed by atoms with E-state index >= 15 is 0 Å². The molecule has 7 heteroatoms. The highest BCUT2D eigenvalue weighted by atomic mass is 32.2. The van der Waals surface area contributed by atoms with Crippen molar-refractivity contribution in [3.05, 3.63) is 0 Å². The van der Waals surface area contributed by atoms with Crippen LogP contribution >= 0.6 is 12.2 Å². The van der Waals surface area contributed by atoms with Crippen molar-refractivity contribution in [1.29, 1.82) is 0 Å². The smallest absolute Gasteiger partial charge is 0.235 e. The van der Waals surface area contributed by atoms with Gasteiger partial charge in [-0.15, -0.1) is 0 Å². The summed E-state index contributed by atoms with van der Waals surface area (Å²) in [5.74, 6) is 0.0241. The Kier molecular flexibility index (Phi) is 4.95. The van der Waals surface area contributed by atoms with E-state index in [-0.39, 0.29) is 28.4 Å². The van der Waals surface area contributed by atoms with Gasteiger partial charge in [-0.3, -0.25) is 4.79 Å². The number of carbonyl (C=O) groups excluding carboxylic acids is 1. The zero-order valence-corrected chi connectivity index (χ0v) is 13.3. The fourth-order valence-corrected chi connectivity index (χ4v) is 4.74. The molecule has 1 amide bonds. The third-order valence-electron chi connectivity index (χ3n) is 4.16. The summed E-state index contributed by atoms with van der Waals surface area (Å²) in [6.45, 7) is 3.75. The first-order chi connectivity index (χ1) is 8.70. The second-order valence-corrected chi connectivity index (χ2v) is 7.79. The molecular weight excluding hydrogens is 284 g/mol. The van der Waals surface area contributed by atoms with Crippen LogP contribution in [0, 0.1) is 5.41 Å². The monoisotopic (exact) mass is 306 g/mol. The van der Waals surface area contributed by atoms with E-state index in [9.17, 15) is 13.2 Å². The van der Waals surface area contributed by atoms with Crippen LogP contribution < -0.4 is 5.73 Å². The number of thiocarbonyl (C=S) groups is 1. The molecule has 0 aromatic carbocycles. The van der Waals surface area contributed by atoms with E-state index in [1.54, 1.807) is 7.05 Å². The summed E-state index contributed by atoms with van der Waals surface area (Å²) in [5.41, 5.74) is 4.90. The molecule has 1 rings (SSSR count). The van der Waals surface area contributed by atoms with E-state index in [0.717, 1.165) is 0 Å². The van der Waals surface area contributed by atoms with E-state index in [4.69, 9.17) is 18.0 Å². The van der Waals surface area contributed by atoms with Gasteiger partial charge in [-0.1, -0.05) is 26.1 Å². The van der Waals surface area contributed by atoms with E-state index in [0.29, 0.717) is 19.3 Å². The average molecular weight is 306 g/mol. The summed E-state index contributed by atoms with van der Waals surface area (Å²) in [7, 11) is -1.37. The van der Waals surface area contributed by atoms with Crippen LogP contribution in [0.5, 0.6) is 0 Å².